The summed E-state index contributed by atoms with van der Waals surface area (Å²) in [5.74, 6) is -0.424. The first-order valence-electron chi connectivity index (χ1n) is 27.2. The fourth-order valence-electron chi connectivity index (χ4n) is 8.33. The highest BCUT2D eigenvalue weighted by Crippen LogP contribution is 2.17. The molecule has 0 heterocycles. The van der Waals surface area contributed by atoms with Gasteiger partial charge in [0, 0.05) is 19.4 Å². The van der Waals surface area contributed by atoms with Gasteiger partial charge in [-0.3, -0.25) is 9.59 Å². The number of hydrogen-bond acceptors (Lipinski definition) is 4. The first kappa shape index (κ1) is 60.9. The average Bonchev–Trinajstić information content (AvgIpc) is 3.23. The first-order chi connectivity index (χ1) is 29.4. The van der Waals surface area contributed by atoms with Crippen molar-refractivity contribution in [1.82, 2.24) is 5.32 Å². The van der Waals surface area contributed by atoms with Crippen molar-refractivity contribution in [2.45, 2.75) is 328 Å². The Morgan fingerprint density at radius 1 is 0.333 bits per heavy atom. The van der Waals surface area contributed by atoms with Crippen molar-refractivity contribution in [3.8, 4) is 0 Å². The van der Waals surface area contributed by atoms with Crippen LogP contribution in [0.15, 0.2) is 0 Å². The molecular formula is C54H109NO5. The molecule has 360 valence electrons. The molecule has 0 fully saturated rings. The van der Waals surface area contributed by atoms with E-state index in [2.05, 4.69) is 26.1 Å². The van der Waals surface area contributed by atoms with E-state index in [1.807, 2.05) is 0 Å². The molecule has 0 aliphatic rings. The van der Waals surface area contributed by atoms with Crippen LogP contribution < -0.4 is 5.32 Å². The highest BCUT2D eigenvalue weighted by Gasteiger charge is 2.06. The summed E-state index contributed by atoms with van der Waals surface area (Å²) in [4.78, 5) is 22.4. The van der Waals surface area contributed by atoms with Crippen LogP contribution in [-0.2, 0) is 9.59 Å². The topological polar surface area (TPSA) is 107 Å². The Hall–Kier alpha value is -1.14. The number of carbonyl (C=O) groups excluding carboxylic acids is 1. The zero-order chi connectivity index (χ0) is 44.3. The van der Waals surface area contributed by atoms with Crippen LogP contribution in [-0.4, -0.2) is 45.9 Å². The van der Waals surface area contributed by atoms with Crippen molar-refractivity contribution in [3.63, 3.8) is 0 Å². The Balaban J connectivity index is 0. The van der Waals surface area contributed by atoms with Gasteiger partial charge in [0.05, 0.1) is 12.2 Å². The highest BCUT2D eigenvalue weighted by molar-refractivity contribution is 5.75. The third kappa shape index (κ3) is 56.9. The monoisotopic (exact) mass is 852 g/mol. The number of aliphatic hydroxyl groups excluding tert-OH is 2. The molecular weight excluding hydrogens is 743 g/mol. The third-order valence-corrected chi connectivity index (χ3v) is 12.5. The van der Waals surface area contributed by atoms with Crippen LogP contribution in [0.1, 0.15) is 316 Å². The van der Waals surface area contributed by atoms with Crippen LogP contribution in [0.25, 0.3) is 0 Å². The number of aliphatic carboxylic acids is 1. The largest absolute Gasteiger partial charge is 0.481 e. The fraction of sp³-hybridized carbons (Fsp3) is 0.963. The Labute approximate surface area is 375 Å². The Morgan fingerprint density at radius 2 is 0.567 bits per heavy atom. The lowest BCUT2D eigenvalue weighted by Gasteiger charge is -2.10. The summed E-state index contributed by atoms with van der Waals surface area (Å²) in [6, 6.07) is 0. The standard InChI is InChI=1S/C36H73NO2.C18H36O3/c1-3-5-7-9-10-11-12-13-14-15-16-17-20-23-26-30-34-37-36(39)33-29-25-22-19-18-21-24-28-32-35(38)31-27-8-6-4-2;1-2-3-4-11-14-17(19)15-12-9-7-5-6-8-10-13-16-18(20)21/h35,38H,3-34H2,1-2H3,(H,37,39);17,19H,2-16H2,1H3,(H,20,21). The second-order valence-corrected chi connectivity index (χ2v) is 18.8. The van der Waals surface area contributed by atoms with Crippen LogP contribution in [0, 0.1) is 0 Å². The number of carboxylic acids is 1. The van der Waals surface area contributed by atoms with Crippen molar-refractivity contribution in [2.24, 2.45) is 0 Å². The quantitative estimate of drug-likeness (QED) is 0.0456. The molecule has 0 aromatic heterocycles. The summed E-state index contributed by atoms with van der Waals surface area (Å²) in [6.45, 7) is 7.60. The van der Waals surface area contributed by atoms with Gasteiger partial charge in [0.1, 0.15) is 0 Å². The molecule has 1 amide bonds. The van der Waals surface area contributed by atoms with E-state index in [9.17, 15) is 19.8 Å². The maximum Gasteiger partial charge on any atom is 0.303 e. The van der Waals surface area contributed by atoms with E-state index in [-0.39, 0.29) is 18.1 Å². The molecule has 0 saturated heterocycles. The second-order valence-electron chi connectivity index (χ2n) is 18.8. The van der Waals surface area contributed by atoms with E-state index in [4.69, 9.17) is 5.11 Å². The van der Waals surface area contributed by atoms with Gasteiger partial charge in [0.15, 0.2) is 0 Å². The zero-order valence-corrected chi connectivity index (χ0v) is 41.0. The summed E-state index contributed by atoms with van der Waals surface area (Å²) in [7, 11) is 0. The predicted molar refractivity (Wildman–Crippen MR) is 262 cm³/mol. The SMILES string of the molecule is CCCCCCC(O)CCCCCCCCCCC(=O)O.CCCCCCCCCCCCCCCCCCNC(=O)CCCCCCCCCCC(O)CCCCCC. The minimum Gasteiger partial charge on any atom is -0.481 e. The summed E-state index contributed by atoms with van der Waals surface area (Å²) in [6.07, 6.45) is 55.9. The molecule has 0 radical (unpaired) electrons. The summed E-state index contributed by atoms with van der Waals surface area (Å²) < 4.78 is 0. The molecule has 0 aliphatic carbocycles. The molecule has 6 nitrogen and oxygen atoms in total. The lowest BCUT2D eigenvalue weighted by Crippen LogP contribution is -2.23. The Kier molecular flexibility index (Phi) is 54.8. The van der Waals surface area contributed by atoms with Gasteiger partial charge in [0.2, 0.25) is 5.91 Å². The summed E-state index contributed by atoms with van der Waals surface area (Å²) in [5, 5.41) is 31.5. The lowest BCUT2D eigenvalue weighted by molar-refractivity contribution is -0.137. The molecule has 0 bridgehead atoms. The molecule has 0 saturated carbocycles. The van der Waals surface area contributed by atoms with E-state index in [1.54, 1.807) is 0 Å². The fourth-order valence-corrected chi connectivity index (χ4v) is 8.33. The molecule has 6 heteroatoms. The number of nitrogens with one attached hydrogen (secondary N) is 1. The van der Waals surface area contributed by atoms with Gasteiger partial charge in [-0.05, 0) is 44.9 Å². The lowest BCUT2D eigenvalue weighted by atomic mass is 10.0. The number of rotatable bonds is 49. The molecule has 0 aromatic carbocycles. The number of amides is 1. The van der Waals surface area contributed by atoms with Crippen molar-refractivity contribution in [2.75, 3.05) is 6.54 Å². The normalized spacial score (nSPS) is 12.3. The van der Waals surface area contributed by atoms with Gasteiger partial charge < -0.3 is 20.6 Å². The number of unbranched alkanes of at least 4 members (excludes halogenated alkanes) is 35. The molecule has 2 atom stereocenters. The molecule has 0 aromatic rings. The van der Waals surface area contributed by atoms with Crippen LogP contribution in [0.4, 0.5) is 0 Å². The van der Waals surface area contributed by atoms with E-state index >= 15 is 0 Å². The van der Waals surface area contributed by atoms with Crippen molar-refractivity contribution < 1.29 is 24.9 Å². The first-order valence-corrected chi connectivity index (χ1v) is 27.2. The van der Waals surface area contributed by atoms with Crippen molar-refractivity contribution >= 4 is 11.9 Å². The molecule has 0 spiro atoms. The Morgan fingerprint density at radius 3 is 0.867 bits per heavy atom. The molecule has 4 N–H and O–H groups in total. The maximum atomic E-state index is 12.0. The van der Waals surface area contributed by atoms with E-state index < -0.39 is 5.97 Å². The molecule has 2 unspecified atom stereocenters. The summed E-state index contributed by atoms with van der Waals surface area (Å²) in [5.41, 5.74) is 0. The van der Waals surface area contributed by atoms with Crippen molar-refractivity contribution in [1.29, 1.82) is 0 Å². The van der Waals surface area contributed by atoms with Crippen LogP contribution >= 0.6 is 0 Å². The van der Waals surface area contributed by atoms with E-state index in [0.29, 0.717) is 12.8 Å². The van der Waals surface area contributed by atoms with Gasteiger partial charge in [-0.2, -0.15) is 0 Å². The minimum absolute atomic E-state index is 0.0722. The van der Waals surface area contributed by atoms with Gasteiger partial charge >= 0.3 is 5.97 Å². The van der Waals surface area contributed by atoms with Crippen LogP contribution in [0.2, 0.25) is 0 Å². The minimum atomic E-state index is -0.678. The van der Waals surface area contributed by atoms with Crippen LogP contribution in [0.3, 0.4) is 0 Å². The Bertz CT molecular complexity index is 822. The zero-order valence-electron chi connectivity index (χ0n) is 41.0. The van der Waals surface area contributed by atoms with Crippen LogP contribution in [0.5, 0.6) is 0 Å². The van der Waals surface area contributed by atoms with Gasteiger partial charge in [-0.25, -0.2) is 0 Å². The third-order valence-electron chi connectivity index (χ3n) is 12.5. The predicted octanol–water partition coefficient (Wildman–Crippen LogP) is 16.9. The smallest absolute Gasteiger partial charge is 0.303 e. The second kappa shape index (κ2) is 54.0. The number of hydrogen-bond donors (Lipinski definition) is 4. The molecule has 60 heavy (non-hydrogen) atoms. The number of aliphatic hydroxyl groups is 2. The van der Waals surface area contributed by atoms with Gasteiger partial charge in [-0.1, -0.05) is 258 Å². The average molecular weight is 852 g/mol. The van der Waals surface area contributed by atoms with E-state index in [1.165, 1.54) is 218 Å². The van der Waals surface area contributed by atoms with Gasteiger partial charge in [-0.15, -0.1) is 0 Å². The van der Waals surface area contributed by atoms with E-state index in [0.717, 1.165) is 70.8 Å². The summed E-state index contributed by atoms with van der Waals surface area (Å²) >= 11 is 0. The van der Waals surface area contributed by atoms with Gasteiger partial charge in [0.25, 0.3) is 0 Å². The maximum absolute atomic E-state index is 12.0. The number of carboxylic acid groups (broad SMARTS) is 1. The highest BCUT2D eigenvalue weighted by atomic mass is 16.4. The molecule has 0 rings (SSSR count). The number of carbonyl (C=O) groups is 2. The molecule has 0 aliphatic heterocycles. The van der Waals surface area contributed by atoms with Crippen molar-refractivity contribution in [3.05, 3.63) is 0 Å².